The molecule has 0 bridgehead atoms. The predicted octanol–water partition coefficient (Wildman–Crippen LogP) is 23.4. The van der Waals surface area contributed by atoms with Gasteiger partial charge in [-0.2, -0.15) is 0 Å². The molecule has 0 N–H and O–H groups in total. The van der Waals surface area contributed by atoms with Crippen LogP contribution in [0.15, 0.2) is 85.1 Å². The Balaban J connectivity index is 4.23. The molecule has 0 aliphatic heterocycles. The van der Waals surface area contributed by atoms with Gasteiger partial charge < -0.3 is 14.2 Å². The Labute approximate surface area is 490 Å². The molecule has 0 aliphatic rings. The van der Waals surface area contributed by atoms with Gasteiger partial charge in [-0.05, 0) is 89.9 Å². The summed E-state index contributed by atoms with van der Waals surface area (Å²) in [6.45, 7) is 6.42. The molecular formula is C73H128O6. The molecule has 0 aliphatic carbocycles. The minimum atomic E-state index is -0.797. The maximum Gasteiger partial charge on any atom is 0.306 e. The molecule has 0 aromatic rings. The van der Waals surface area contributed by atoms with Crippen molar-refractivity contribution < 1.29 is 28.6 Å². The molecule has 0 heterocycles. The quantitative estimate of drug-likeness (QED) is 0.0261. The van der Waals surface area contributed by atoms with Crippen molar-refractivity contribution in [3.8, 4) is 0 Å². The predicted molar refractivity (Wildman–Crippen MR) is 344 cm³/mol. The van der Waals surface area contributed by atoms with Gasteiger partial charge in [0.2, 0.25) is 0 Å². The van der Waals surface area contributed by atoms with E-state index in [1.807, 2.05) is 0 Å². The van der Waals surface area contributed by atoms with E-state index >= 15 is 0 Å². The van der Waals surface area contributed by atoms with E-state index in [9.17, 15) is 14.4 Å². The van der Waals surface area contributed by atoms with Crippen LogP contribution in [-0.2, 0) is 28.6 Å². The van der Waals surface area contributed by atoms with Crippen LogP contribution in [-0.4, -0.2) is 37.2 Å². The first-order valence-corrected chi connectivity index (χ1v) is 34.1. The second-order valence-electron chi connectivity index (χ2n) is 22.7. The van der Waals surface area contributed by atoms with Crippen molar-refractivity contribution in [2.24, 2.45) is 0 Å². The van der Waals surface area contributed by atoms with Crippen LogP contribution < -0.4 is 0 Å². The van der Waals surface area contributed by atoms with Crippen LogP contribution in [0.2, 0.25) is 0 Å². The Morgan fingerprint density at radius 2 is 0.494 bits per heavy atom. The number of carbonyl (C=O) groups excluding carboxylic acids is 3. The number of rotatable bonds is 62. The van der Waals surface area contributed by atoms with Crippen molar-refractivity contribution in [3.05, 3.63) is 85.1 Å². The molecule has 0 aromatic carbocycles. The van der Waals surface area contributed by atoms with Crippen LogP contribution in [0, 0.1) is 0 Å². The maximum atomic E-state index is 12.9. The van der Waals surface area contributed by atoms with Gasteiger partial charge in [-0.25, -0.2) is 0 Å². The Morgan fingerprint density at radius 3 is 0.785 bits per heavy atom. The van der Waals surface area contributed by atoms with E-state index in [1.165, 1.54) is 180 Å². The Kier molecular flexibility index (Phi) is 64.2. The van der Waals surface area contributed by atoms with Crippen molar-refractivity contribution in [1.82, 2.24) is 0 Å². The van der Waals surface area contributed by atoms with Crippen molar-refractivity contribution >= 4 is 17.9 Å². The van der Waals surface area contributed by atoms with E-state index in [2.05, 4.69) is 106 Å². The average molecular weight is 1100 g/mol. The molecule has 6 heteroatoms. The number of hydrogen-bond donors (Lipinski definition) is 0. The average Bonchev–Trinajstić information content (AvgIpc) is 3.45. The van der Waals surface area contributed by atoms with Crippen molar-refractivity contribution in [2.45, 2.75) is 348 Å². The van der Waals surface area contributed by atoms with Crippen molar-refractivity contribution in [1.29, 1.82) is 0 Å². The molecule has 0 saturated carbocycles. The molecule has 0 spiro atoms. The number of ether oxygens (including phenoxy) is 3. The fourth-order valence-electron chi connectivity index (χ4n) is 9.86. The van der Waals surface area contributed by atoms with Crippen molar-refractivity contribution in [2.75, 3.05) is 13.2 Å². The molecule has 0 rings (SSSR count). The number of esters is 3. The van der Waals surface area contributed by atoms with E-state index < -0.39 is 6.10 Å². The normalized spacial score (nSPS) is 12.6. The van der Waals surface area contributed by atoms with Gasteiger partial charge in [0.05, 0.1) is 0 Å². The largest absolute Gasteiger partial charge is 0.462 e. The van der Waals surface area contributed by atoms with Gasteiger partial charge in [-0.15, -0.1) is 0 Å². The summed E-state index contributed by atoms with van der Waals surface area (Å²) in [5.74, 6) is -0.920. The van der Waals surface area contributed by atoms with Crippen LogP contribution in [0.3, 0.4) is 0 Å². The van der Waals surface area contributed by atoms with Crippen LogP contribution >= 0.6 is 0 Å². The van der Waals surface area contributed by atoms with Gasteiger partial charge in [0.15, 0.2) is 6.10 Å². The molecule has 0 radical (unpaired) electrons. The van der Waals surface area contributed by atoms with Gasteiger partial charge in [0.1, 0.15) is 13.2 Å². The summed E-state index contributed by atoms with van der Waals surface area (Å²) in [6, 6.07) is 0. The molecule has 1 unspecified atom stereocenters. The summed E-state index contributed by atoms with van der Waals surface area (Å²) in [7, 11) is 0. The van der Waals surface area contributed by atoms with E-state index in [0.717, 1.165) is 122 Å². The molecule has 456 valence electrons. The lowest BCUT2D eigenvalue weighted by molar-refractivity contribution is -0.167. The van der Waals surface area contributed by atoms with Crippen LogP contribution in [0.4, 0.5) is 0 Å². The van der Waals surface area contributed by atoms with Gasteiger partial charge in [0.25, 0.3) is 0 Å². The topological polar surface area (TPSA) is 78.9 Å². The van der Waals surface area contributed by atoms with Crippen LogP contribution in [0.25, 0.3) is 0 Å². The van der Waals surface area contributed by atoms with Crippen LogP contribution in [0.5, 0.6) is 0 Å². The lowest BCUT2D eigenvalue weighted by atomic mass is 10.0. The minimum Gasteiger partial charge on any atom is -0.462 e. The van der Waals surface area contributed by atoms with E-state index in [0.29, 0.717) is 19.3 Å². The molecule has 1 atom stereocenters. The molecule has 0 saturated heterocycles. The fourth-order valence-corrected chi connectivity index (χ4v) is 9.86. The summed E-state index contributed by atoms with van der Waals surface area (Å²) in [6.07, 6.45) is 89.1. The highest BCUT2D eigenvalue weighted by Gasteiger charge is 2.19. The molecule has 79 heavy (non-hydrogen) atoms. The second kappa shape index (κ2) is 67.1. The smallest absolute Gasteiger partial charge is 0.306 e. The Bertz CT molecular complexity index is 1500. The summed E-state index contributed by atoms with van der Waals surface area (Å²) >= 11 is 0. The Morgan fingerprint density at radius 1 is 0.266 bits per heavy atom. The molecule has 0 aromatic heterocycles. The van der Waals surface area contributed by atoms with Crippen molar-refractivity contribution in [3.63, 3.8) is 0 Å². The van der Waals surface area contributed by atoms with Gasteiger partial charge in [-0.3, -0.25) is 14.4 Å². The van der Waals surface area contributed by atoms with Gasteiger partial charge in [0, 0.05) is 19.3 Å². The Hall–Kier alpha value is -3.41. The first kappa shape index (κ1) is 75.6. The fraction of sp³-hybridized carbons (Fsp3) is 0.767. The number of carbonyl (C=O) groups is 3. The maximum absolute atomic E-state index is 12.9. The highest BCUT2D eigenvalue weighted by Crippen LogP contribution is 2.18. The highest BCUT2D eigenvalue weighted by molar-refractivity contribution is 5.71. The summed E-state index contributed by atoms with van der Waals surface area (Å²) in [5.41, 5.74) is 0. The third kappa shape index (κ3) is 65.3. The zero-order valence-electron chi connectivity index (χ0n) is 52.4. The van der Waals surface area contributed by atoms with E-state index in [-0.39, 0.29) is 31.1 Å². The summed E-state index contributed by atoms with van der Waals surface area (Å²) in [5, 5.41) is 0. The number of hydrogen-bond acceptors (Lipinski definition) is 6. The zero-order valence-corrected chi connectivity index (χ0v) is 52.4. The number of allylic oxidation sites excluding steroid dienone is 14. The lowest BCUT2D eigenvalue weighted by Crippen LogP contribution is -2.30. The minimum absolute atomic E-state index is 0.0896. The van der Waals surface area contributed by atoms with E-state index in [4.69, 9.17) is 14.2 Å². The molecule has 0 fully saturated rings. The highest BCUT2D eigenvalue weighted by atomic mass is 16.6. The second-order valence-corrected chi connectivity index (χ2v) is 22.7. The molecule has 6 nitrogen and oxygen atoms in total. The third-order valence-electron chi connectivity index (χ3n) is 14.9. The van der Waals surface area contributed by atoms with E-state index in [1.54, 1.807) is 0 Å². The molecule has 0 amide bonds. The molecular weight excluding hydrogens is 973 g/mol. The van der Waals surface area contributed by atoms with Crippen LogP contribution in [0.1, 0.15) is 342 Å². The monoisotopic (exact) mass is 1100 g/mol. The summed E-state index contributed by atoms with van der Waals surface area (Å²) < 4.78 is 16.9. The lowest BCUT2D eigenvalue weighted by Gasteiger charge is -2.18. The number of unbranched alkanes of at least 4 members (excludes halogenated alkanes) is 37. The van der Waals surface area contributed by atoms with Gasteiger partial charge in [-0.1, -0.05) is 318 Å². The SMILES string of the molecule is CC/C=C\C/C=C\C/C=C\C/C=C\CCCCCCCCC(=O)OC(COC(=O)CCCCC/C=C\C/C=C\C/C=C\CC)COC(=O)CCCCCCCCCCCCCCCCCCCCCCCCCCCCCCC. The third-order valence-corrected chi connectivity index (χ3v) is 14.9. The first-order chi connectivity index (χ1) is 39.0. The zero-order chi connectivity index (χ0) is 57.1. The van der Waals surface area contributed by atoms with Gasteiger partial charge >= 0.3 is 17.9 Å². The summed E-state index contributed by atoms with van der Waals surface area (Å²) in [4.78, 5) is 38.3. The first-order valence-electron chi connectivity index (χ1n) is 34.1. The standard InChI is InChI=1S/C73H128O6/c1-4-7-10-13-16-19-22-25-27-29-31-32-33-34-35-36-37-38-39-40-42-43-45-48-51-54-57-60-63-66-72(75)78-69-70(68-77-71(74)65-62-59-56-53-50-47-24-21-18-15-12-9-6-3)79-73(76)67-64-61-58-55-52-49-46-44-41-30-28-26-23-20-17-14-11-8-5-2/h8-9,11-12,17-18,20-21,26,28,41,44,47,50,70H,4-7,10,13-16,19,22-25,27,29-40,42-43,45-46,48-49,51-69H2,1-3H3/b11-8-,12-9-,20-17-,21-18-,28-26-,44-41-,50-47-.